The van der Waals surface area contributed by atoms with Gasteiger partial charge in [0.1, 0.15) is 0 Å². The molecule has 1 N–H and O–H groups in total. The Morgan fingerprint density at radius 3 is 2.82 bits per heavy atom. The lowest BCUT2D eigenvalue weighted by Gasteiger charge is -2.14. The molecule has 0 bridgehead atoms. The molecule has 0 aromatic carbocycles. The molecule has 0 radical (unpaired) electrons. The van der Waals surface area contributed by atoms with Gasteiger partial charge in [-0.25, -0.2) is 9.78 Å². The van der Waals surface area contributed by atoms with Crippen molar-refractivity contribution >= 4 is 22.4 Å². The quantitative estimate of drug-likeness (QED) is 0.853. The van der Waals surface area contributed by atoms with E-state index in [9.17, 15) is 18.0 Å². The number of carbonyl (C=O) groups excluding carboxylic acids is 1. The van der Waals surface area contributed by atoms with Crippen LogP contribution in [0.1, 0.15) is 23.8 Å². The number of rotatable bonds is 4. The second kappa shape index (κ2) is 5.35. The van der Waals surface area contributed by atoms with Crippen LogP contribution in [-0.4, -0.2) is 30.3 Å². The smallest absolute Gasteiger partial charge is 0.391 e. The molecule has 8 heteroatoms. The van der Waals surface area contributed by atoms with Crippen LogP contribution in [0, 0.1) is 0 Å². The molecule has 1 unspecified atom stereocenters. The SMILES string of the molecule is COC(=O)c1csc(NC(C)CC(F)(F)F)n1. The summed E-state index contributed by atoms with van der Waals surface area (Å²) >= 11 is 1.06. The molecule has 0 saturated heterocycles. The van der Waals surface area contributed by atoms with Crippen LogP contribution in [0.2, 0.25) is 0 Å². The van der Waals surface area contributed by atoms with Gasteiger partial charge >= 0.3 is 12.1 Å². The predicted octanol–water partition coefficient (Wildman–Crippen LogP) is 2.68. The first kappa shape index (κ1) is 13.8. The Morgan fingerprint density at radius 1 is 1.65 bits per heavy atom. The van der Waals surface area contributed by atoms with Crippen molar-refractivity contribution in [1.82, 2.24) is 4.98 Å². The summed E-state index contributed by atoms with van der Waals surface area (Å²) in [5.74, 6) is -0.613. The first-order valence-corrected chi connectivity index (χ1v) is 5.57. The topological polar surface area (TPSA) is 51.2 Å². The van der Waals surface area contributed by atoms with Gasteiger partial charge in [-0.3, -0.25) is 0 Å². The monoisotopic (exact) mass is 268 g/mol. The Labute approximate surface area is 99.8 Å². The van der Waals surface area contributed by atoms with E-state index in [-0.39, 0.29) is 10.8 Å². The highest BCUT2D eigenvalue weighted by atomic mass is 32.1. The Kier molecular flexibility index (Phi) is 4.33. The van der Waals surface area contributed by atoms with Crippen molar-refractivity contribution in [3.63, 3.8) is 0 Å². The van der Waals surface area contributed by atoms with E-state index in [0.717, 1.165) is 11.3 Å². The molecule has 1 heterocycles. The zero-order valence-electron chi connectivity index (χ0n) is 9.17. The van der Waals surface area contributed by atoms with Gasteiger partial charge in [0.2, 0.25) is 0 Å². The number of alkyl halides is 3. The van der Waals surface area contributed by atoms with Crippen LogP contribution in [0.3, 0.4) is 0 Å². The summed E-state index contributed by atoms with van der Waals surface area (Å²) < 4.78 is 40.6. The Hall–Kier alpha value is -1.31. The van der Waals surface area contributed by atoms with Crippen LogP contribution < -0.4 is 5.32 Å². The number of methoxy groups -OCH3 is 1. The van der Waals surface area contributed by atoms with Crippen molar-refractivity contribution in [3.05, 3.63) is 11.1 Å². The molecule has 1 atom stereocenters. The zero-order valence-corrected chi connectivity index (χ0v) is 9.98. The number of hydrogen-bond donors (Lipinski definition) is 1. The average molecular weight is 268 g/mol. The van der Waals surface area contributed by atoms with Crippen molar-refractivity contribution in [2.45, 2.75) is 25.6 Å². The van der Waals surface area contributed by atoms with Crippen LogP contribution in [-0.2, 0) is 4.74 Å². The lowest BCUT2D eigenvalue weighted by atomic mass is 10.2. The van der Waals surface area contributed by atoms with E-state index in [1.807, 2.05) is 0 Å². The maximum atomic E-state index is 12.1. The molecule has 0 aliphatic heterocycles. The summed E-state index contributed by atoms with van der Waals surface area (Å²) in [5, 5.41) is 4.27. The lowest BCUT2D eigenvalue weighted by molar-refractivity contribution is -0.136. The van der Waals surface area contributed by atoms with Crippen LogP contribution >= 0.6 is 11.3 Å². The Balaban J connectivity index is 2.57. The van der Waals surface area contributed by atoms with Crippen LogP contribution in [0.5, 0.6) is 0 Å². The second-order valence-corrected chi connectivity index (χ2v) is 4.25. The van der Waals surface area contributed by atoms with E-state index >= 15 is 0 Å². The first-order chi connectivity index (χ1) is 7.81. The third kappa shape index (κ3) is 4.59. The van der Waals surface area contributed by atoms with Gasteiger partial charge in [0.15, 0.2) is 10.8 Å². The predicted molar refractivity (Wildman–Crippen MR) is 57.2 cm³/mol. The van der Waals surface area contributed by atoms with Gasteiger partial charge in [0.05, 0.1) is 13.5 Å². The van der Waals surface area contributed by atoms with Gasteiger partial charge < -0.3 is 10.1 Å². The number of thiazole rings is 1. The van der Waals surface area contributed by atoms with E-state index in [0.29, 0.717) is 0 Å². The van der Waals surface area contributed by atoms with Crippen LogP contribution in [0.15, 0.2) is 5.38 Å². The third-order valence-corrected chi connectivity index (χ3v) is 2.58. The largest absolute Gasteiger partial charge is 0.464 e. The average Bonchev–Trinajstić information content (AvgIpc) is 2.62. The first-order valence-electron chi connectivity index (χ1n) is 4.69. The normalized spacial score (nSPS) is 13.2. The number of hydrogen-bond acceptors (Lipinski definition) is 5. The molecule has 1 aromatic heterocycles. The number of halogens is 3. The molecule has 0 spiro atoms. The molecule has 17 heavy (non-hydrogen) atoms. The number of nitrogens with zero attached hydrogens (tertiary/aromatic N) is 1. The van der Waals surface area contributed by atoms with Crippen molar-refractivity contribution in [3.8, 4) is 0 Å². The number of nitrogens with one attached hydrogen (secondary N) is 1. The van der Waals surface area contributed by atoms with E-state index in [4.69, 9.17) is 0 Å². The molecule has 0 aliphatic carbocycles. The summed E-state index contributed by atoms with van der Waals surface area (Å²) in [6.45, 7) is 1.40. The maximum absolute atomic E-state index is 12.1. The number of anilines is 1. The molecule has 0 aliphatic rings. The number of esters is 1. The van der Waals surface area contributed by atoms with E-state index in [1.165, 1.54) is 19.4 Å². The van der Waals surface area contributed by atoms with Gasteiger partial charge in [-0.1, -0.05) is 0 Å². The van der Waals surface area contributed by atoms with E-state index < -0.39 is 24.6 Å². The van der Waals surface area contributed by atoms with Crippen molar-refractivity contribution in [2.24, 2.45) is 0 Å². The molecule has 0 amide bonds. The summed E-state index contributed by atoms with van der Waals surface area (Å²) in [4.78, 5) is 14.9. The molecule has 1 aromatic rings. The molecule has 0 saturated carbocycles. The summed E-state index contributed by atoms with van der Waals surface area (Å²) in [6.07, 6.45) is -5.19. The van der Waals surface area contributed by atoms with Gasteiger partial charge in [-0.2, -0.15) is 13.2 Å². The summed E-state index contributed by atoms with van der Waals surface area (Å²) in [7, 11) is 1.21. The van der Waals surface area contributed by atoms with Crippen molar-refractivity contribution in [1.29, 1.82) is 0 Å². The fourth-order valence-electron chi connectivity index (χ4n) is 1.15. The van der Waals surface area contributed by atoms with Crippen molar-refractivity contribution < 1.29 is 22.7 Å². The van der Waals surface area contributed by atoms with E-state index in [2.05, 4.69) is 15.0 Å². The van der Waals surface area contributed by atoms with Gasteiger partial charge in [-0.15, -0.1) is 11.3 Å². The second-order valence-electron chi connectivity index (χ2n) is 3.39. The highest BCUT2D eigenvalue weighted by molar-refractivity contribution is 7.13. The molecule has 4 nitrogen and oxygen atoms in total. The standard InChI is InChI=1S/C9H11F3N2O2S/c1-5(3-9(10,11)12)13-8-14-6(4-17-8)7(15)16-2/h4-5H,3H2,1-2H3,(H,13,14). The minimum Gasteiger partial charge on any atom is -0.464 e. The molecule has 0 fully saturated rings. The number of ether oxygens (including phenoxy) is 1. The third-order valence-electron chi connectivity index (χ3n) is 1.81. The van der Waals surface area contributed by atoms with E-state index in [1.54, 1.807) is 0 Å². The minimum absolute atomic E-state index is 0.0826. The summed E-state index contributed by atoms with van der Waals surface area (Å²) in [5.41, 5.74) is 0.0826. The summed E-state index contributed by atoms with van der Waals surface area (Å²) in [6, 6.07) is -0.799. The highest BCUT2D eigenvalue weighted by Gasteiger charge is 2.30. The minimum atomic E-state index is -4.23. The molecule has 96 valence electrons. The molecule has 1 rings (SSSR count). The zero-order chi connectivity index (χ0) is 13.1. The fourth-order valence-corrected chi connectivity index (χ4v) is 1.94. The van der Waals surface area contributed by atoms with Gasteiger partial charge in [0, 0.05) is 11.4 Å². The highest BCUT2D eigenvalue weighted by Crippen LogP contribution is 2.24. The Morgan fingerprint density at radius 2 is 2.29 bits per heavy atom. The fraction of sp³-hybridized carbons (Fsp3) is 0.556. The number of aromatic nitrogens is 1. The van der Waals surface area contributed by atoms with Crippen LogP contribution in [0.4, 0.5) is 18.3 Å². The Bertz CT molecular complexity index is 392. The van der Waals surface area contributed by atoms with Crippen molar-refractivity contribution in [2.75, 3.05) is 12.4 Å². The molecular weight excluding hydrogens is 257 g/mol. The molecular formula is C9H11F3N2O2S. The number of carbonyl (C=O) groups is 1. The lowest BCUT2D eigenvalue weighted by Crippen LogP contribution is -2.23. The van der Waals surface area contributed by atoms with Gasteiger partial charge in [0.25, 0.3) is 0 Å². The maximum Gasteiger partial charge on any atom is 0.391 e. The van der Waals surface area contributed by atoms with Crippen LogP contribution in [0.25, 0.3) is 0 Å². The van der Waals surface area contributed by atoms with Gasteiger partial charge in [-0.05, 0) is 6.92 Å².